The molecular formula is C13H24N2O2. The molecule has 0 bridgehead atoms. The van der Waals surface area contributed by atoms with Crippen LogP contribution in [0, 0.1) is 5.41 Å². The fourth-order valence-electron chi connectivity index (χ4n) is 3.05. The normalized spacial score (nSPS) is 33.4. The molecule has 1 saturated heterocycles. The highest BCUT2D eigenvalue weighted by molar-refractivity contribution is 5.68. The Kier molecular flexibility index (Phi) is 3.10. The van der Waals surface area contributed by atoms with E-state index in [1.807, 2.05) is 25.7 Å². The largest absolute Gasteiger partial charge is 0.444 e. The number of carbonyl (C=O) groups excluding carboxylic acids is 1. The van der Waals surface area contributed by atoms with Gasteiger partial charge >= 0.3 is 6.09 Å². The Bertz CT molecular complexity index is 311. The Morgan fingerprint density at radius 1 is 1.41 bits per heavy atom. The maximum atomic E-state index is 12.0. The van der Waals surface area contributed by atoms with Gasteiger partial charge in [-0.25, -0.2) is 4.79 Å². The molecule has 2 N–H and O–H groups in total. The molecule has 4 heteroatoms. The fourth-order valence-corrected chi connectivity index (χ4v) is 3.05. The van der Waals surface area contributed by atoms with Crippen molar-refractivity contribution in [3.63, 3.8) is 0 Å². The van der Waals surface area contributed by atoms with Gasteiger partial charge in [0.25, 0.3) is 0 Å². The first kappa shape index (κ1) is 12.7. The molecule has 2 aliphatic rings. The van der Waals surface area contributed by atoms with E-state index >= 15 is 0 Å². The second-order valence-corrected chi connectivity index (χ2v) is 6.51. The summed E-state index contributed by atoms with van der Waals surface area (Å²) >= 11 is 0. The summed E-state index contributed by atoms with van der Waals surface area (Å²) in [6, 6.07) is 0.259. The molecule has 1 aliphatic heterocycles. The maximum absolute atomic E-state index is 12.0. The lowest BCUT2D eigenvalue weighted by Crippen LogP contribution is -2.41. The van der Waals surface area contributed by atoms with Crippen LogP contribution in [-0.4, -0.2) is 35.7 Å². The summed E-state index contributed by atoms with van der Waals surface area (Å²) in [5.74, 6) is 0. The number of hydrogen-bond acceptors (Lipinski definition) is 3. The molecule has 0 radical (unpaired) electrons. The summed E-state index contributed by atoms with van der Waals surface area (Å²) in [4.78, 5) is 13.8. The van der Waals surface area contributed by atoms with E-state index in [1.54, 1.807) is 0 Å². The molecule has 0 aromatic rings. The number of nitrogens with zero attached hydrogens (tertiary/aromatic N) is 1. The molecule has 2 fully saturated rings. The van der Waals surface area contributed by atoms with Gasteiger partial charge in [-0.2, -0.15) is 0 Å². The van der Waals surface area contributed by atoms with Crippen molar-refractivity contribution in [3.8, 4) is 0 Å². The first-order valence-electron chi connectivity index (χ1n) is 6.56. The van der Waals surface area contributed by atoms with Crippen LogP contribution in [0.5, 0.6) is 0 Å². The molecule has 4 nitrogen and oxygen atoms in total. The number of hydrogen-bond donors (Lipinski definition) is 1. The average Bonchev–Trinajstić information content (AvgIpc) is 2.74. The van der Waals surface area contributed by atoms with Crippen molar-refractivity contribution in [2.24, 2.45) is 11.1 Å². The van der Waals surface area contributed by atoms with E-state index < -0.39 is 5.60 Å². The maximum Gasteiger partial charge on any atom is 0.410 e. The number of carbonyl (C=O) groups is 1. The molecule has 1 heterocycles. The zero-order valence-corrected chi connectivity index (χ0v) is 11.2. The molecular weight excluding hydrogens is 216 g/mol. The van der Waals surface area contributed by atoms with E-state index in [9.17, 15) is 4.79 Å². The molecule has 1 saturated carbocycles. The van der Waals surface area contributed by atoms with E-state index in [-0.39, 0.29) is 17.6 Å². The lowest BCUT2D eigenvalue weighted by molar-refractivity contribution is 0.0271. The van der Waals surface area contributed by atoms with Crippen molar-refractivity contribution in [1.82, 2.24) is 4.90 Å². The lowest BCUT2D eigenvalue weighted by atomic mass is 9.82. The highest BCUT2D eigenvalue weighted by Crippen LogP contribution is 2.44. The van der Waals surface area contributed by atoms with Gasteiger partial charge in [-0.15, -0.1) is 0 Å². The van der Waals surface area contributed by atoms with Crippen LogP contribution < -0.4 is 5.73 Å². The van der Waals surface area contributed by atoms with Gasteiger partial charge in [0.2, 0.25) is 0 Å². The Balaban J connectivity index is 1.96. The first-order valence-corrected chi connectivity index (χ1v) is 6.56. The van der Waals surface area contributed by atoms with Gasteiger partial charge in [0.1, 0.15) is 5.60 Å². The third kappa shape index (κ3) is 2.57. The Labute approximate surface area is 103 Å². The summed E-state index contributed by atoms with van der Waals surface area (Å²) in [5, 5.41) is 0. The average molecular weight is 240 g/mol. The molecule has 2 atom stereocenters. The van der Waals surface area contributed by atoms with Crippen LogP contribution in [0.4, 0.5) is 4.79 Å². The number of nitrogens with two attached hydrogens (primary N) is 1. The third-order valence-corrected chi connectivity index (χ3v) is 4.01. The Hall–Kier alpha value is -0.770. The van der Waals surface area contributed by atoms with Crippen LogP contribution in [-0.2, 0) is 4.74 Å². The second kappa shape index (κ2) is 4.16. The summed E-state index contributed by atoms with van der Waals surface area (Å²) in [6.07, 6.45) is 4.31. The van der Waals surface area contributed by atoms with Crippen molar-refractivity contribution >= 4 is 6.09 Å². The molecule has 0 aromatic heterocycles. The van der Waals surface area contributed by atoms with Crippen molar-refractivity contribution in [1.29, 1.82) is 0 Å². The third-order valence-electron chi connectivity index (χ3n) is 4.01. The molecule has 1 amide bonds. The Morgan fingerprint density at radius 2 is 2.12 bits per heavy atom. The molecule has 1 aliphatic carbocycles. The van der Waals surface area contributed by atoms with Crippen LogP contribution in [0.3, 0.4) is 0 Å². The van der Waals surface area contributed by atoms with Gasteiger partial charge in [-0.3, -0.25) is 0 Å². The van der Waals surface area contributed by atoms with Crippen molar-refractivity contribution in [2.45, 2.75) is 58.1 Å². The zero-order valence-electron chi connectivity index (χ0n) is 11.2. The minimum Gasteiger partial charge on any atom is -0.444 e. The number of ether oxygens (including phenoxy) is 1. The lowest BCUT2D eigenvalue weighted by Gasteiger charge is -2.29. The predicted octanol–water partition coefficient (Wildman–Crippen LogP) is 2.12. The van der Waals surface area contributed by atoms with Crippen molar-refractivity contribution in [2.75, 3.05) is 13.1 Å². The van der Waals surface area contributed by atoms with Crippen LogP contribution in [0.15, 0.2) is 0 Å². The Morgan fingerprint density at radius 3 is 2.65 bits per heavy atom. The number of rotatable bonds is 0. The van der Waals surface area contributed by atoms with Crippen molar-refractivity contribution in [3.05, 3.63) is 0 Å². The quantitative estimate of drug-likeness (QED) is 0.705. The van der Waals surface area contributed by atoms with E-state index in [1.165, 1.54) is 6.42 Å². The van der Waals surface area contributed by atoms with E-state index in [4.69, 9.17) is 10.5 Å². The standard InChI is InChI=1S/C13H24N2O2/c1-12(2,3)17-11(16)15-8-7-13(9-15)6-4-5-10(13)14/h10H,4-9,14H2,1-3H3/t10-,13+/m0/s1. The predicted molar refractivity (Wildman–Crippen MR) is 66.7 cm³/mol. The van der Waals surface area contributed by atoms with Gasteiger partial charge < -0.3 is 15.4 Å². The summed E-state index contributed by atoms with van der Waals surface area (Å²) < 4.78 is 5.41. The van der Waals surface area contributed by atoms with Crippen LogP contribution in [0.25, 0.3) is 0 Å². The van der Waals surface area contributed by atoms with E-state index in [2.05, 4.69) is 0 Å². The smallest absolute Gasteiger partial charge is 0.410 e. The van der Waals surface area contributed by atoms with Crippen LogP contribution >= 0.6 is 0 Å². The van der Waals surface area contributed by atoms with Gasteiger partial charge in [-0.1, -0.05) is 6.42 Å². The van der Waals surface area contributed by atoms with E-state index in [0.29, 0.717) is 0 Å². The van der Waals surface area contributed by atoms with Gasteiger partial charge in [0, 0.05) is 24.5 Å². The summed E-state index contributed by atoms with van der Waals surface area (Å²) in [5.41, 5.74) is 5.95. The monoisotopic (exact) mass is 240 g/mol. The zero-order chi connectivity index (χ0) is 12.7. The van der Waals surface area contributed by atoms with E-state index in [0.717, 1.165) is 32.4 Å². The molecule has 17 heavy (non-hydrogen) atoms. The number of likely N-dealkylation sites (tertiary alicyclic amines) is 1. The summed E-state index contributed by atoms with van der Waals surface area (Å²) in [6.45, 7) is 7.28. The van der Waals surface area contributed by atoms with Crippen molar-refractivity contribution < 1.29 is 9.53 Å². The summed E-state index contributed by atoms with van der Waals surface area (Å²) in [7, 11) is 0. The highest BCUT2D eigenvalue weighted by Gasteiger charge is 2.47. The minimum atomic E-state index is -0.412. The van der Waals surface area contributed by atoms with Crippen LogP contribution in [0.2, 0.25) is 0 Å². The molecule has 2 rings (SSSR count). The minimum absolute atomic E-state index is 0.177. The topological polar surface area (TPSA) is 55.6 Å². The molecule has 98 valence electrons. The first-order chi connectivity index (χ1) is 7.82. The second-order valence-electron chi connectivity index (χ2n) is 6.51. The van der Waals surface area contributed by atoms with Gasteiger partial charge in [0.15, 0.2) is 0 Å². The molecule has 1 spiro atoms. The molecule has 0 unspecified atom stereocenters. The number of amides is 1. The fraction of sp³-hybridized carbons (Fsp3) is 0.923. The van der Waals surface area contributed by atoms with Crippen LogP contribution in [0.1, 0.15) is 46.5 Å². The SMILES string of the molecule is CC(C)(C)OC(=O)N1CC[C@]2(CCC[C@@H]2N)C1. The van der Waals surface area contributed by atoms with Gasteiger partial charge in [-0.05, 0) is 40.0 Å². The van der Waals surface area contributed by atoms with Gasteiger partial charge in [0.05, 0.1) is 0 Å². The highest BCUT2D eigenvalue weighted by atomic mass is 16.6. The molecule has 0 aromatic carbocycles.